The van der Waals surface area contributed by atoms with Crippen LogP contribution >= 0.6 is 0 Å². The van der Waals surface area contributed by atoms with Gasteiger partial charge in [0.2, 0.25) is 0 Å². The van der Waals surface area contributed by atoms with E-state index in [1.165, 1.54) is 5.56 Å². The molecule has 0 fully saturated rings. The summed E-state index contributed by atoms with van der Waals surface area (Å²) in [6.45, 7) is 2.99. The Kier molecular flexibility index (Phi) is 3.15. The molecule has 0 saturated carbocycles. The second-order valence-corrected chi connectivity index (χ2v) is 4.20. The highest BCUT2D eigenvalue weighted by Crippen LogP contribution is 2.19. The average molecular weight is 231 g/mol. The minimum atomic E-state index is -0.0770. The van der Waals surface area contributed by atoms with Crippen LogP contribution in [0.15, 0.2) is 24.3 Å². The molecule has 0 bridgehead atoms. The van der Waals surface area contributed by atoms with E-state index >= 15 is 0 Å². The number of nitrogens with zero attached hydrogens (tertiary/aromatic N) is 1. The predicted octanol–water partition coefficient (Wildman–Crippen LogP) is 1.18. The number of carbonyl (C=O) groups is 1. The maximum atomic E-state index is 11.9. The molecule has 0 aliphatic carbocycles. The van der Waals surface area contributed by atoms with Gasteiger partial charge in [0.15, 0.2) is 0 Å². The first-order valence-electron chi connectivity index (χ1n) is 5.68. The van der Waals surface area contributed by atoms with Crippen molar-refractivity contribution in [1.29, 1.82) is 0 Å². The van der Waals surface area contributed by atoms with Gasteiger partial charge in [0, 0.05) is 31.0 Å². The largest absolute Gasteiger partial charge is 0.349 e. The van der Waals surface area contributed by atoms with Crippen LogP contribution in [0.2, 0.25) is 0 Å². The van der Waals surface area contributed by atoms with Crippen LogP contribution in [0, 0.1) is 6.92 Å². The van der Waals surface area contributed by atoms with Gasteiger partial charge in [0.1, 0.15) is 5.69 Å². The average Bonchev–Trinajstić information content (AvgIpc) is 2.64. The molecule has 1 amide bonds. The quantitative estimate of drug-likeness (QED) is 0.833. The molecule has 0 spiro atoms. The van der Waals surface area contributed by atoms with E-state index in [9.17, 15) is 4.79 Å². The molecule has 4 heteroatoms. The van der Waals surface area contributed by atoms with Crippen LogP contribution in [-0.2, 0) is 7.05 Å². The number of aromatic nitrogens is 1. The van der Waals surface area contributed by atoms with Crippen molar-refractivity contribution in [3.05, 3.63) is 35.5 Å². The van der Waals surface area contributed by atoms with Gasteiger partial charge in [-0.1, -0.05) is 12.1 Å². The Labute approximate surface area is 100 Å². The van der Waals surface area contributed by atoms with E-state index in [2.05, 4.69) is 11.4 Å². The zero-order chi connectivity index (χ0) is 12.4. The summed E-state index contributed by atoms with van der Waals surface area (Å²) in [6, 6.07) is 8.06. The van der Waals surface area contributed by atoms with E-state index in [1.807, 2.05) is 36.7 Å². The normalized spacial score (nSPS) is 10.8. The minimum Gasteiger partial charge on any atom is -0.349 e. The number of rotatable bonds is 3. The van der Waals surface area contributed by atoms with E-state index in [0.29, 0.717) is 18.8 Å². The van der Waals surface area contributed by atoms with Crippen molar-refractivity contribution in [2.75, 3.05) is 13.1 Å². The van der Waals surface area contributed by atoms with Gasteiger partial charge in [-0.2, -0.15) is 0 Å². The predicted molar refractivity (Wildman–Crippen MR) is 69.0 cm³/mol. The molecule has 17 heavy (non-hydrogen) atoms. The summed E-state index contributed by atoms with van der Waals surface area (Å²) >= 11 is 0. The number of hydrogen-bond acceptors (Lipinski definition) is 2. The van der Waals surface area contributed by atoms with Crippen LogP contribution in [0.1, 0.15) is 16.1 Å². The zero-order valence-electron chi connectivity index (χ0n) is 10.2. The Hall–Kier alpha value is -1.81. The third-order valence-electron chi connectivity index (χ3n) is 2.86. The lowest BCUT2D eigenvalue weighted by Gasteiger charge is -2.05. The molecule has 0 radical (unpaired) electrons. The molecule has 2 aromatic rings. The van der Waals surface area contributed by atoms with E-state index in [4.69, 9.17) is 5.73 Å². The van der Waals surface area contributed by atoms with Gasteiger partial charge in [0.25, 0.3) is 5.91 Å². The molecule has 1 heterocycles. The van der Waals surface area contributed by atoms with E-state index in [0.717, 1.165) is 10.9 Å². The standard InChI is InChI=1S/C13H17N3O/c1-9-3-4-10-8-12(13(17)15-6-5-14)16(2)11(10)7-9/h3-4,7-8H,5-6,14H2,1-2H3,(H,15,17). The fourth-order valence-electron chi connectivity index (χ4n) is 1.93. The van der Waals surface area contributed by atoms with E-state index < -0.39 is 0 Å². The fourth-order valence-corrected chi connectivity index (χ4v) is 1.93. The van der Waals surface area contributed by atoms with Crippen molar-refractivity contribution >= 4 is 16.8 Å². The summed E-state index contributed by atoms with van der Waals surface area (Å²) in [7, 11) is 1.90. The van der Waals surface area contributed by atoms with Gasteiger partial charge in [-0.05, 0) is 24.6 Å². The lowest BCUT2D eigenvalue weighted by atomic mass is 10.2. The maximum Gasteiger partial charge on any atom is 0.267 e. The highest BCUT2D eigenvalue weighted by atomic mass is 16.1. The maximum absolute atomic E-state index is 11.9. The monoisotopic (exact) mass is 231 g/mol. The second-order valence-electron chi connectivity index (χ2n) is 4.20. The Balaban J connectivity index is 2.42. The first kappa shape index (κ1) is 11.7. The summed E-state index contributed by atoms with van der Waals surface area (Å²) in [6.07, 6.45) is 0. The third-order valence-corrected chi connectivity index (χ3v) is 2.86. The van der Waals surface area contributed by atoms with Crippen molar-refractivity contribution in [2.24, 2.45) is 12.8 Å². The molecular formula is C13H17N3O. The lowest BCUT2D eigenvalue weighted by molar-refractivity contribution is 0.0947. The lowest BCUT2D eigenvalue weighted by Crippen LogP contribution is -2.30. The topological polar surface area (TPSA) is 60.1 Å². The summed E-state index contributed by atoms with van der Waals surface area (Å²) in [4.78, 5) is 11.9. The number of nitrogens with two attached hydrogens (primary N) is 1. The highest BCUT2D eigenvalue weighted by molar-refractivity contribution is 5.98. The number of carbonyl (C=O) groups excluding carboxylic acids is 1. The first-order chi connectivity index (χ1) is 8.13. The number of nitrogens with one attached hydrogen (secondary N) is 1. The van der Waals surface area contributed by atoms with Crippen molar-refractivity contribution < 1.29 is 4.79 Å². The zero-order valence-corrected chi connectivity index (χ0v) is 10.2. The van der Waals surface area contributed by atoms with Gasteiger partial charge < -0.3 is 15.6 Å². The number of hydrogen-bond donors (Lipinski definition) is 2. The van der Waals surface area contributed by atoms with Crippen molar-refractivity contribution in [2.45, 2.75) is 6.92 Å². The smallest absolute Gasteiger partial charge is 0.267 e. The van der Waals surface area contributed by atoms with Gasteiger partial charge in [0.05, 0.1) is 0 Å². The summed E-state index contributed by atoms with van der Waals surface area (Å²) in [5.41, 5.74) is 8.29. The minimum absolute atomic E-state index is 0.0770. The van der Waals surface area contributed by atoms with E-state index in [1.54, 1.807) is 0 Å². The Morgan fingerprint density at radius 1 is 1.41 bits per heavy atom. The van der Waals surface area contributed by atoms with Crippen LogP contribution in [0.5, 0.6) is 0 Å². The number of benzene rings is 1. The van der Waals surface area contributed by atoms with Crippen LogP contribution in [-0.4, -0.2) is 23.6 Å². The SMILES string of the molecule is Cc1ccc2cc(C(=O)NCCN)n(C)c2c1. The van der Waals surface area contributed by atoms with Crippen molar-refractivity contribution in [1.82, 2.24) is 9.88 Å². The van der Waals surface area contributed by atoms with Crippen LogP contribution in [0.4, 0.5) is 0 Å². The molecule has 0 atom stereocenters. The van der Waals surface area contributed by atoms with Crippen molar-refractivity contribution in [3.63, 3.8) is 0 Å². The molecular weight excluding hydrogens is 214 g/mol. The summed E-state index contributed by atoms with van der Waals surface area (Å²) in [5.74, 6) is -0.0770. The molecule has 3 N–H and O–H groups in total. The van der Waals surface area contributed by atoms with E-state index in [-0.39, 0.29) is 5.91 Å². The van der Waals surface area contributed by atoms with Gasteiger partial charge >= 0.3 is 0 Å². The number of aryl methyl sites for hydroxylation is 2. The number of amides is 1. The molecule has 90 valence electrons. The van der Waals surface area contributed by atoms with Gasteiger partial charge in [-0.25, -0.2) is 0 Å². The molecule has 0 saturated heterocycles. The van der Waals surface area contributed by atoms with Crippen LogP contribution in [0.3, 0.4) is 0 Å². The Bertz CT molecular complexity index is 557. The van der Waals surface area contributed by atoms with Gasteiger partial charge in [-0.3, -0.25) is 4.79 Å². The molecule has 0 aliphatic heterocycles. The molecule has 2 rings (SSSR count). The van der Waals surface area contributed by atoms with Crippen LogP contribution < -0.4 is 11.1 Å². The molecule has 1 aromatic carbocycles. The third kappa shape index (κ3) is 2.17. The fraction of sp³-hybridized carbons (Fsp3) is 0.308. The molecule has 0 unspecified atom stereocenters. The van der Waals surface area contributed by atoms with Gasteiger partial charge in [-0.15, -0.1) is 0 Å². The Morgan fingerprint density at radius 3 is 2.88 bits per heavy atom. The number of fused-ring (bicyclic) bond motifs is 1. The summed E-state index contributed by atoms with van der Waals surface area (Å²) in [5, 5.41) is 3.86. The molecule has 4 nitrogen and oxygen atoms in total. The Morgan fingerprint density at radius 2 is 2.18 bits per heavy atom. The molecule has 1 aromatic heterocycles. The summed E-state index contributed by atoms with van der Waals surface area (Å²) < 4.78 is 1.91. The first-order valence-corrected chi connectivity index (χ1v) is 5.68. The van der Waals surface area contributed by atoms with Crippen molar-refractivity contribution in [3.8, 4) is 0 Å². The second kappa shape index (κ2) is 4.59. The highest BCUT2D eigenvalue weighted by Gasteiger charge is 2.12. The molecule has 0 aliphatic rings. The van der Waals surface area contributed by atoms with Crippen LogP contribution in [0.25, 0.3) is 10.9 Å².